The molecule has 0 unspecified atom stereocenters. The van der Waals surface area contributed by atoms with Crippen molar-refractivity contribution in [3.05, 3.63) is 40.1 Å². The predicted molar refractivity (Wildman–Crippen MR) is 44.3 cm³/mol. The lowest BCUT2D eigenvalue weighted by Crippen LogP contribution is -1.82. The third-order valence-corrected chi connectivity index (χ3v) is 1.86. The standard InChI is InChI=1S/C8H4BrF3/c9-6-3-1-2-5(8(6)12)4-7(10)11/h1-4H. The highest BCUT2D eigenvalue weighted by molar-refractivity contribution is 9.10. The van der Waals surface area contributed by atoms with Gasteiger partial charge in [0.15, 0.2) is 0 Å². The van der Waals surface area contributed by atoms with Crippen LogP contribution in [0.5, 0.6) is 0 Å². The van der Waals surface area contributed by atoms with Crippen LogP contribution < -0.4 is 0 Å². The Balaban J connectivity index is 3.17. The van der Waals surface area contributed by atoms with Crippen molar-refractivity contribution in [2.75, 3.05) is 0 Å². The van der Waals surface area contributed by atoms with Crippen molar-refractivity contribution in [3.8, 4) is 0 Å². The molecule has 0 atom stereocenters. The van der Waals surface area contributed by atoms with E-state index in [1.807, 2.05) is 0 Å². The van der Waals surface area contributed by atoms with Crippen LogP contribution in [-0.4, -0.2) is 0 Å². The fourth-order valence-electron chi connectivity index (χ4n) is 0.750. The predicted octanol–water partition coefficient (Wildman–Crippen LogP) is 3.83. The topological polar surface area (TPSA) is 0 Å². The molecule has 0 amide bonds. The molecule has 0 fully saturated rings. The average Bonchev–Trinajstić information content (AvgIpc) is 1.98. The first-order chi connectivity index (χ1) is 5.61. The summed E-state index contributed by atoms with van der Waals surface area (Å²) in [5.41, 5.74) is -0.121. The van der Waals surface area contributed by atoms with Gasteiger partial charge in [-0.1, -0.05) is 12.1 Å². The van der Waals surface area contributed by atoms with Gasteiger partial charge in [0, 0.05) is 11.6 Å². The summed E-state index contributed by atoms with van der Waals surface area (Å²) in [6.45, 7) is 0. The lowest BCUT2D eigenvalue weighted by Gasteiger charge is -1.97. The van der Waals surface area contributed by atoms with Crippen molar-refractivity contribution in [1.82, 2.24) is 0 Å². The van der Waals surface area contributed by atoms with E-state index >= 15 is 0 Å². The zero-order chi connectivity index (χ0) is 9.14. The lowest BCUT2D eigenvalue weighted by atomic mass is 10.2. The van der Waals surface area contributed by atoms with E-state index in [4.69, 9.17) is 0 Å². The van der Waals surface area contributed by atoms with E-state index < -0.39 is 11.9 Å². The molecule has 1 rings (SSSR count). The van der Waals surface area contributed by atoms with Gasteiger partial charge in [0.1, 0.15) is 5.82 Å². The molecular formula is C8H4BrF3. The van der Waals surface area contributed by atoms with Crippen LogP contribution in [0.2, 0.25) is 0 Å². The monoisotopic (exact) mass is 236 g/mol. The Morgan fingerprint density at radius 2 is 2.00 bits per heavy atom. The maximum Gasteiger partial charge on any atom is 0.271 e. The third-order valence-electron chi connectivity index (χ3n) is 1.25. The van der Waals surface area contributed by atoms with Crippen LogP contribution in [0.4, 0.5) is 13.2 Å². The van der Waals surface area contributed by atoms with Crippen molar-refractivity contribution >= 4 is 22.0 Å². The third kappa shape index (κ3) is 2.11. The normalized spacial score (nSPS) is 9.67. The second kappa shape index (κ2) is 3.76. The number of hydrogen-bond acceptors (Lipinski definition) is 0. The molecule has 4 heteroatoms. The Bertz CT molecular complexity index is 316. The van der Waals surface area contributed by atoms with E-state index in [1.54, 1.807) is 0 Å². The largest absolute Gasteiger partial charge is 0.271 e. The summed E-state index contributed by atoms with van der Waals surface area (Å²) in [5, 5.41) is 0. The quantitative estimate of drug-likeness (QED) is 0.696. The molecule has 0 aliphatic heterocycles. The van der Waals surface area contributed by atoms with Gasteiger partial charge in [0.05, 0.1) is 4.47 Å². The summed E-state index contributed by atoms with van der Waals surface area (Å²) in [4.78, 5) is 0. The number of hydrogen-bond donors (Lipinski definition) is 0. The number of benzene rings is 1. The van der Waals surface area contributed by atoms with Crippen LogP contribution in [0.1, 0.15) is 5.56 Å². The molecule has 0 aromatic heterocycles. The van der Waals surface area contributed by atoms with Crippen molar-refractivity contribution in [2.24, 2.45) is 0 Å². The van der Waals surface area contributed by atoms with Crippen LogP contribution in [0.3, 0.4) is 0 Å². The zero-order valence-electron chi connectivity index (χ0n) is 5.82. The molecule has 0 bridgehead atoms. The maximum absolute atomic E-state index is 12.9. The van der Waals surface area contributed by atoms with Gasteiger partial charge in [-0.3, -0.25) is 0 Å². The van der Waals surface area contributed by atoms with Crippen LogP contribution >= 0.6 is 15.9 Å². The molecule has 64 valence electrons. The van der Waals surface area contributed by atoms with Gasteiger partial charge in [-0.25, -0.2) is 4.39 Å². The van der Waals surface area contributed by atoms with Crippen molar-refractivity contribution in [1.29, 1.82) is 0 Å². The fourth-order valence-corrected chi connectivity index (χ4v) is 1.13. The minimum absolute atomic E-state index is 0.121. The molecule has 0 spiro atoms. The zero-order valence-corrected chi connectivity index (χ0v) is 7.41. The van der Waals surface area contributed by atoms with Crippen LogP contribution in [0, 0.1) is 5.82 Å². The summed E-state index contributed by atoms with van der Waals surface area (Å²) < 4.78 is 36.5. The molecule has 0 saturated carbocycles. The van der Waals surface area contributed by atoms with E-state index in [0.29, 0.717) is 6.08 Å². The van der Waals surface area contributed by atoms with E-state index in [-0.39, 0.29) is 10.0 Å². The lowest BCUT2D eigenvalue weighted by molar-refractivity contribution is 0.429. The Morgan fingerprint density at radius 3 is 2.58 bits per heavy atom. The van der Waals surface area contributed by atoms with Crippen molar-refractivity contribution in [3.63, 3.8) is 0 Å². The second-order valence-corrected chi connectivity index (χ2v) is 2.93. The Kier molecular flexibility index (Phi) is 2.92. The highest BCUT2D eigenvalue weighted by Gasteiger charge is 2.03. The summed E-state index contributed by atoms with van der Waals surface area (Å²) in [6, 6.07) is 4.21. The van der Waals surface area contributed by atoms with E-state index in [9.17, 15) is 13.2 Å². The van der Waals surface area contributed by atoms with E-state index in [0.717, 1.165) is 0 Å². The molecule has 0 heterocycles. The molecule has 0 radical (unpaired) electrons. The first kappa shape index (κ1) is 9.32. The van der Waals surface area contributed by atoms with Crippen molar-refractivity contribution in [2.45, 2.75) is 0 Å². The van der Waals surface area contributed by atoms with Gasteiger partial charge in [-0.2, -0.15) is 8.78 Å². The Morgan fingerprint density at radius 1 is 1.33 bits per heavy atom. The molecule has 12 heavy (non-hydrogen) atoms. The summed E-state index contributed by atoms with van der Waals surface area (Å²) in [7, 11) is 0. The molecule has 0 aliphatic carbocycles. The smallest absolute Gasteiger partial charge is 0.205 e. The van der Waals surface area contributed by atoms with Crippen LogP contribution in [0.15, 0.2) is 28.8 Å². The SMILES string of the molecule is FC(F)=Cc1cccc(Br)c1F. The molecular weight excluding hydrogens is 233 g/mol. The van der Waals surface area contributed by atoms with Crippen LogP contribution in [0.25, 0.3) is 6.08 Å². The first-order valence-corrected chi connectivity index (χ1v) is 3.87. The highest BCUT2D eigenvalue weighted by atomic mass is 79.9. The molecule has 0 saturated heterocycles. The Hall–Kier alpha value is -0.770. The van der Waals surface area contributed by atoms with Gasteiger partial charge in [0.25, 0.3) is 6.08 Å². The summed E-state index contributed by atoms with van der Waals surface area (Å²) in [5.74, 6) is -0.676. The molecule has 0 aliphatic rings. The fraction of sp³-hybridized carbons (Fsp3) is 0. The first-order valence-electron chi connectivity index (χ1n) is 3.08. The van der Waals surface area contributed by atoms with Gasteiger partial charge >= 0.3 is 0 Å². The molecule has 0 N–H and O–H groups in total. The highest BCUT2D eigenvalue weighted by Crippen LogP contribution is 2.20. The van der Waals surface area contributed by atoms with Gasteiger partial charge in [-0.15, -0.1) is 0 Å². The van der Waals surface area contributed by atoms with E-state index in [1.165, 1.54) is 18.2 Å². The molecule has 1 aromatic carbocycles. The summed E-state index contributed by atoms with van der Waals surface area (Å²) in [6.07, 6.45) is -1.42. The second-order valence-electron chi connectivity index (χ2n) is 2.08. The summed E-state index contributed by atoms with van der Waals surface area (Å²) >= 11 is 2.89. The van der Waals surface area contributed by atoms with Gasteiger partial charge in [-0.05, 0) is 22.0 Å². The maximum atomic E-state index is 12.9. The van der Waals surface area contributed by atoms with Crippen LogP contribution in [-0.2, 0) is 0 Å². The molecule has 0 nitrogen and oxygen atoms in total. The Labute approximate surface area is 75.8 Å². The minimum Gasteiger partial charge on any atom is -0.205 e. The minimum atomic E-state index is -1.91. The number of rotatable bonds is 1. The van der Waals surface area contributed by atoms with Gasteiger partial charge in [0.2, 0.25) is 0 Å². The molecule has 1 aromatic rings. The van der Waals surface area contributed by atoms with E-state index in [2.05, 4.69) is 15.9 Å². The van der Waals surface area contributed by atoms with Crippen molar-refractivity contribution < 1.29 is 13.2 Å². The average molecular weight is 237 g/mol. The number of halogens is 4. The van der Waals surface area contributed by atoms with Gasteiger partial charge < -0.3 is 0 Å².